The highest BCUT2D eigenvalue weighted by molar-refractivity contribution is 7.91. The predicted octanol–water partition coefficient (Wildman–Crippen LogP) is 2.26. The van der Waals surface area contributed by atoms with Crippen LogP contribution < -0.4 is 5.32 Å². The van der Waals surface area contributed by atoms with E-state index in [2.05, 4.69) is 5.32 Å². The summed E-state index contributed by atoms with van der Waals surface area (Å²) in [6, 6.07) is 13.7. The molecule has 0 bridgehead atoms. The van der Waals surface area contributed by atoms with E-state index in [0.717, 1.165) is 11.3 Å². The van der Waals surface area contributed by atoms with E-state index in [9.17, 15) is 12.8 Å². The Bertz CT molecular complexity index is 815. The van der Waals surface area contributed by atoms with Crippen LogP contribution in [0.5, 0.6) is 0 Å². The Morgan fingerprint density at radius 3 is 2.24 bits per heavy atom. The van der Waals surface area contributed by atoms with Crippen LogP contribution >= 0.6 is 0 Å². The molecule has 0 unspecified atom stereocenters. The van der Waals surface area contributed by atoms with Crippen LogP contribution in [0.4, 0.5) is 10.1 Å². The second kappa shape index (κ2) is 7.11. The van der Waals surface area contributed by atoms with E-state index in [-0.39, 0.29) is 23.9 Å². The molecule has 2 N–H and O–H groups in total. The maximum Gasteiger partial charge on any atom is 0.182 e. The number of hydrogen-bond donors (Lipinski definition) is 2. The van der Waals surface area contributed by atoms with Crippen molar-refractivity contribution in [3.63, 3.8) is 0 Å². The van der Waals surface area contributed by atoms with Gasteiger partial charge in [-0.1, -0.05) is 24.3 Å². The number of benzene rings is 2. The Morgan fingerprint density at radius 2 is 1.72 bits per heavy atom. The number of aliphatic hydroxyl groups is 1. The van der Waals surface area contributed by atoms with Crippen LogP contribution in [0.1, 0.15) is 11.1 Å². The van der Waals surface area contributed by atoms with E-state index in [4.69, 9.17) is 9.84 Å². The Morgan fingerprint density at radius 1 is 1.08 bits per heavy atom. The quantitative estimate of drug-likeness (QED) is 0.787. The number of ether oxygens (including phenoxy) is 1. The first-order valence-electron chi connectivity index (χ1n) is 7.97. The number of nitrogens with one attached hydrogen (secondary N) is 1. The van der Waals surface area contributed by atoms with E-state index in [1.807, 2.05) is 12.1 Å². The van der Waals surface area contributed by atoms with Crippen molar-refractivity contribution in [1.29, 1.82) is 0 Å². The minimum atomic E-state index is -3.43. The van der Waals surface area contributed by atoms with Gasteiger partial charge < -0.3 is 15.2 Å². The molecule has 134 valence electrons. The van der Waals surface area contributed by atoms with Crippen LogP contribution in [0.15, 0.2) is 53.4 Å². The molecule has 5 nitrogen and oxygen atoms in total. The number of sulfone groups is 1. The fraction of sp³-hybridized carbons (Fsp3) is 0.333. The molecule has 0 aromatic heterocycles. The molecule has 2 aromatic rings. The van der Waals surface area contributed by atoms with Crippen LogP contribution in [0.2, 0.25) is 0 Å². The van der Waals surface area contributed by atoms with Gasteiger partial charge in [0.25, 0.3) is 0 Å². The molecule has 0 spiro atoms. The highest BCUT2D eigenvalue weighted by Gasteiger charge is 2.40. The third kappa shape index (κ3) is 4.00. The van der Waals surface area contributed by atoms with Crippen molar-refractivity contribution in [3.05, 3.63) is 59.7 Å². The smallest absolute Gasteiger partial charge is 0.182 e. The van der Waals surface area contributed by atoms with Crippen molar-refractivity contribution in [2.75, 3.05) is 30.9 Å². The van der Waals surface area contributed by atoms with Gasteiger partial charge in [0.2, 0.25) is 0 Å². The van der Waals surface area contributed by atoms with Crippen molar-refractivity contribution < 1.29 is 22.7 Å². The molecular weight excluding hydrogens is 345 g/mol. The lowest BCUT2D eigenvalue weighted by atomic mass is 9.93. The fourth-order valence-corrected chi connectivity index (χ4v) is 3.62. The Hall–Kier alpha value is -1.96. The fourth-order valence-electron chi connectivity index (χ4n) is 2.59. The van der Waals surface area contributed by atoms with E-state index in [0.29, 0.717) is 12.1 Å². The number of rotatable bonds is 7. The highest BCUT2D eigenvalue weighted by Crippen LogP contribution is 2.33. The Labute approximate surface area is 146 Å². The van der Waals surface area contributed by atoms with E-state index < -0.39 is 22.1 Å². The van der Waals surface area contributed by atoms with Crippen LogP contribution in [0.3, 0.4) is 0 Å². The van der Waals surface area contributed by atoms with Gasteiger partial charge >= 0.3 is 0 Å². The summed E-state index contributed by atoms with van der Waals surface area (Å²) in [4.78, 5) is 0.187. The summed E-state index contributed by atoms with van der Waals surface area (Å²) < 4.78 is 42.8. The van der Waals surface area contributed by atoms with E-state index in [1.54, 1.807) is 24.3 Å². The van der Waals surface area contributed by atoms with Gasteiger partial charge in [-0.05, 0) is 35.4 Å². The molecule has 1 aliphatic heterocycles. The summed E-state index contributed by atoms with van der Waals surface area (Å²) in [5.74, 6) is -0.284. The molecule has 0 radical (unpaired) electrons. The molecule has 0 saturated carbocycles. The summed E-state index contributed by atoms with van der Waals surface area (Å²) in [5.41, 5.74) is 1.04. The molecule has 0 aliphatic carbocycles. The second-order valence-corrected chi connectivity index (χ2v) is 8.18. The molecule has 7 heteroatoms. The van der Waals surface area contributed by atoms with E-state index in [1.165, 1.54) is 12.1 Å². The lowest BCUT2D eigenvalue weighted by Gasteiger charge is -2.34. The lowest BCUT2D eigenvalue weighted by molar-refractivity contribution is -0.135. The van der Waals surface area contributed by atoms with Gasteiger partial charge in [0.05, 0.1) is 30.5 Å². The SMILES string of the molecule is O=S(=O)(CCO)c1ccc(NCc2ccc(C3(F)COC3)cc2)cc1. The molecule has 1 saturated heterocycles. The predicted molar refractivity (Wildman–Crippen MR) is 93.0 cm³/mol. The molecule has 1 aliphatic rings. The zero-order valence-corrected chi connectivity index (χ0v) is 14.4. The highest BCUT2D eigenvalue weighted by atomic mass is 32.2. The average Bonchev–Trinajstić information content (AvgIpc) is 2.59. The molecule has 1 heterocycles. The molecular formula is C18H20FNO4S. The zero-order chi connectivity index (χ0) is 17.9. The normalized spacial score (nSPS) is 16.2. The summed E-state index contributed by atoms with van der Waals surface area (Å²) in [6.07, 6.45) is 0. The van der Waals surface area contributed by atoms with Gasteiger partial charge in [-0.15, -0.1) is 0 Å². The van der Waals surface area contributed by atoms with Crippen LogP contribution in [-0.4, -0.2) is 39.1 Å². The number of hydrogen-bond acceptors (Lipinski definition) is 5. The molecule has 2 aromatic carbocycles. The standard InChI is InChI=1S/C18H20FNO4S/c19-18(12-24-13-18)15-3-1-14(2-4-15)11-20-16-5-7-17(8-6-16)25(22,23)10-9-21/h1-8,20-21H,9-13H2. The number of anilines is 1. The van der Waals surface area contributed by atoms with E-state index >= 15 is 0 Å². The van der Waals surface area contributed by atoms with Gasteiger partial charge in [-0.2, -0.15) is 0 Å². The first-order valence-corrected chi connectivity index (χ1v) is 9.62. The first kappa shape index (κ1) is 17.8. The summed E-state index contributed by atoms with van der Waals surface area (Å²) in [6.45, 7) is 0.357. The molecule has 0 atom stereocenters. The van der Waals surface area contributed by atoms with Crippen LogP contribution in [0, 0.1) is 0 Å². The summed E-state index contributed by atoms with van der Waals surface area (Å²) in [7, 11) is -3.43. The molecule has 25 heavy (non-hydrogen) atoms. The maximum atomic E-state index is 14.2. The molecule has 1 fully saturated rings. The largest absolute Gasteiger partial charge is 0.395 e. The Kier molecular flexibility index (Phi) is 5.08. The number of alkyl halides is 1. The van der Waals surface area contributed by atoms with Crippen molar-refractivity contribution in [2.24, 2.45) is 0 Å². The molecule has 3 rings (SSSR count). The van der Waals surface area contributed by atoms with Crippen molar-refractivity contribution in [2.45, 2.75) is 17.1 Å². The molecule has 0 amide bonds. The second-order valence-electron chi connectivity index (χ2n) is 6.08. The van der Waals surface area contributed by atoms with Crippen LogP contribution in [-0.2, 0) is 26.8 Å². The van der Waals surface area contributed by atoms with Gasteiger partial charge in [-0.25, -0.2) is 12.8 Å². The topological polar surface area (TPSA) is 75.6 Å². The third-order valence-corrected chi connectivity index (χ3v) is 5.91. The first-order chi connectivity index (χ1) is 11.9. The van der Waals surface area contributed by atoms with Gasteiger partial charge in [0.1, 0.15) is 0 Å². The van der Waals surface area contributed by atoms with Gasteiger partial charge in [0, 0.05) is 12.2 Å². The maximum absolute atomic E-state index is 14.2. The zero-order valence-electron chi connectivity index (χ0n) is 13.6. The van der Waals surface area contributed by atoms with Crippen molar-refractivity contribution >= 4 is 15.5 Å². The summed E-state index contributed by atoms with van der Waals surface area (Å²) >= 11 is 0. The number of aliphatic hydroxyl groups excluding tert-OH is 1. The summed E-state index contributed by atoms with van der Waals surface area (Å²) in [5, 5.41) is 12.0. The van der Waals surface area contributed by atoms with Gasteiger partial charge in [0.15, 0.2) is 15.5 Å². The van der Waals surface area contributed by atoms with Crippen molar-refractivity contribution in [1.82, 2.24) is 0 Å². The van der Waals surface area contributed by atoms with Gasteiger partial charge in [-0.3, -0.25) is 0 Å². The Balaban J connectivity index is 1.60. The monoisotopic (exact) mass is 365 g/mol. The minimum Gasteiger partial charge on any atom is -0.395 e. The minimum absolute atomic E-state index is 0.107. The van der Waals surface area contributed by atoms with Crippen LogP contribution in [0.25, 0.3) is 0 Å². The average molecular weight is 365 g/mol. The lowest BCUT2D eigenvalue weighted by Crippen LogP contribution is -2.42. The van der Waals surface area contributed by atoms with Crippen molar-refractivity contribution in [3.8, 4) is 0 Å². The third-order valence-electron chi connectivity index (χ3n) is 4.20. The number of halogens is 1.